The number of carbonyl (C=O) groups is 2. The van der Waals surface area contributed by atoms with Gasteiger partial charge in [-0.3, -0.25) is 25.0 Å². The molecule has 3 aromatic rings. The molecule has 0 radical (unpaired) electrons. The Labute approximate surface area is 190 Å². The van der Waals surface area contributed by atoms with Crippen molar-refractivity contribution in [1.29, 1.82) is 0 Å². The van der Waals surface area contributed by atoms with Crippen LogP contribution in [0.1, 0.15) is 50.6 Å². The molecule has 2 aromatic heterocycles. The van der Waals surface area contributed by atoms with Gasteiger partial charge in [-0.15, -0.1) is 11.3 Å². The lowest BCUT2D eigenvalue weighted by Crippen LogP contribution is -2.22. The SMILES string of the molecule is Cc1c(C(=O)Nc2nccs2)oc2c1/C(=N/NC(=O)c1ccc(Cl)c([N+](=O)[O-])c1)CCC2. The molecule has 32 heavy (non-hydrogen) atoms. The molecule has 1 aromatic carbocycles. The summed E-state index contributed by atoms with van der Waals surface area (Å²) in [7, 11) is 0. The van der Waals surface area contributed by atoms with Crippen molar-refractivity contribution in [2.45, 2.75) is 26.2 Å². The first-order chi connectivity index (χ1) is 15.3. The predicted octanol–water partition coefficient (Wildman–Crippen LogP) is 4.33. The second kappa shape index (κ2) is 8.89. The highest BCUT2D eigenvalue weighted by molar-refractivity contribution is 7.13. The average molecular weight is 474 g/mol. The van der Waals surface area contributed by atoms with Crippen LogP contribution in [0.15, 0.2) is 39.3 Å². The van der Waals surface area contributed by atoms with Crippen LogP contribution >= 0.6 is 22.9 Å². The van der Waals surface area contributed by atoms with Crippen molar-refractivity contribution >= 4 is 51.3 Å². The highest BCUT2D eigenvalue weighted by Gasteiger charge is 2.28. The number of carbonyl (C=O) groups excluding carboxylic acids is 2. The quantitative estimate of drug-likeness (QED) is 0.417. The largest absolute Gasteiger partial charge is 0.455 e. The van der Waals surface area contributed by atoms with Gasteiger partial charge in [-0.25, -0.2) is 10.4 Å². The van der Waals surface area contributed by atoms with Crippen LogP contribution in [0.5, 0.6) is 0 Å². The van der Waals surface area contributed by atoms with Gasteiger partial charge in [0.15, 0.2) is 10.9 Å². The third kappa shape index (κ3) is 4.25. The van der Waals surface area contributed by atoms with E-state index >= 15 is 0 Å². The van der Waals surface area contributed by atoms with E-state index in [9.17, 15) is 19.7 Å². The molecule has 10 nitrogen and oxygen atoms in total. The summed E-state index contributed by atoms with van der Waals surface area (Å²) in [6.07, 6.45) is 3.52. The topological polar surface area (TPSA) is 140 Å². The number of amides is 2. The van der Waals surface area contributed by atoms with Crippen molar-refractivity contribution in [1.82, 2.24) is 10.4 Å². The van der Waals surface area contributed by atoms with E-state index in [1.54, 1.807) is 18.5 Å². The third-order valence-corrected chi connectivity index (χ3v) is 5.89. The molecule has 4 rings (SSSR count). The van der Waals surface area contributed by atoms with E-state index in [0.29, 0.717) is 40.6 Å². The lowest BCUT2D eigenvalue weighted by Gasteiger charge is -2.13. The predicted molar refractivity (Wildman–Crippen MR) is 119 cm³/mol. The van der Waals surface area contributed by atoms with Crippen molar-refractivity contribution in [2.75, 3.05) is 5.32 Å². The number of hydrazone groups is 1. The van der Waals surface area contributed by atoms with Gasteiger partial charge in [-0.1, -0.05) is 11.6 Å². The van der Waals surface area contributed by atoms with E-state index in [1.165, 1.54) is 23.5 Å². The minimum Gasteiger partial charge on any atom is -0.455 e. The number of aromatic nitrogens is 1. The lowest BCUT2D eigenvalue weighted by atomic mass is 9.93. The first kappa shape index (κ1) is 21.7. The van der Waals surface area contributed by atoms with Gasteiger partial charge in [-0.05, 0) is 31.9 Å². The number of nitrogens with one attached hydrogen (secondary N) is 2. The van der Waals surface area contributed by atoms with Gasteiger partial charge < -0.3 is 4.42 Å². The van der Waals surface area contributed by atoms with Crippen LogP contribution in [-0.2, 0) is 6.42 Å². The Bertz CT molecular complexity index is 1250. The summed E-state index contributed by atoms with van der Waals surface area (Å²) in [4.78, 5) is 39.5. The number of hydrogen-bond acceptors (Lipinski definition) is 8. The number of furan rings is 1. The molecule has 0 bridgehead atoms. The van der Waals surface area contributed by atoms with Gasteiger partial charge in [0.2, 0.25) is 0 Å². The fraction of sp³-hybridized carbons (Fsp3) is 0.200. The fourth-order valence-corrected chi connectivity index (χ4v) is 4.12. The van der Waals surface area contributed by atoms with Gasteiger partial charge in [0.05, 0.1) is 10.6 Å². The number of nitro groups is 1. The Balaban J connectivity index is 1.57. The van der Waals surface area contributed by atoms with Crippen LogP contribution < -0.4 is 10.7 Å². The highest BCUT2D eigenvalue weighted by Crippen LogP contribution is 2.30. The molecule has 0 saturated heterocycles. The maximum atomic E-state index is 12.6. The van der Waals surface area contributed by atoms with E-state index in [1.807, 2.05) is 0 Å². The van der Waals surface area contributed by atoms with Crippen molar-refractivity contribution in [3.8, 4) is 0 Å². The summed E-state index contributed by atoms with van der Waals surface area (Å²) < 4.78 is 5.81. The summed E-state index contributed by atoms with van der Waals surface area (Å²) >= 11 is 7.09. The molecule has 12 heteroatoms. The van der Waals surface area contributed by atoms with Gasteiger partial charge in [0, 0.05) is 40.8 Å². The first-order valence-corrected chi connectivity index (χ1v) is 10.7. The molecule has 0 spiro atoms. The van der Waals surface area contributed by atoms with E-state index in [4.69, 9.17) is 16.0 Å². The van der Waals surface area contributed by atoms with Crippen LogP contribution in [-0.4, -0.2) is 27.4 Å². The van der Waals surface area contributed by atoms with E-state index in [0.717, 1.165) is 12.5 Å². The van der Waals surface area contributed by atoms with Crippen LogP contribution in [0.2, 0.25) is 5.02 Å². The zero-order valence-corrected chi connectivity index (χ0v) is 18.2. The minimum absolute atomic E-state index is 0.0499. The van der Waals surface area contributed by atoms with E-state index in [-0.39, 0.29) is 22.0 Å². The molecule has 0 aliphatic heterocycles. The Morgan fingerprint density at radius 2 is 2.12 bits per heavy atom. The van der Waals surface area contributed by atoms with Crippen molar-refractivity contribution in [2.24, 2.45) is 5.10 Å². The van der Waals surface area contributed by atoms with Gasteiger partial charge in [-0.2, -0.15) is 5.10 Å². The fourth-order valence-electron chi connectivity index (χ4n) is 3.41. The standard InChI is InChI=1S/C20H16ClN5O5S/c1-10-16-13(24-25-18(27)11-5-6-12(21)14(9-11)26(29)30)3-2-4-15(16)31-17(10)19(28)23-20-22-7-8-32-20/h5-9H,2-4H2,1H3,(H,25,27)(H,22,23,28)/b24-13+. The van der Waals surface area contributed by atoms with E-state index < -0.39 is 16.7 Å². The zero-order valence-electron chi connectivity index (χ0n) is 16.7. The monoisotopic (exact) mass is 473 g/mol. The summed E-state index contributed by atoms with van der Waals surface area (Å²) in [6, 6.07) is 3.75. The molecular weight excluding hydrogens is 458 g/mol. The smallest absolute Gasteiger partial charge is 0.293 e. The molecule has 2 N–H and O–H groups in total. The summed E-state index contributed by atoms with van der Waals surface area (Å²) in [6.45, 7) is 1.75. The number of nitro benzene ring substituents is 1. The van der Waals surface area contributed by atoms with Crippen molar-refractivity contribution in [3.63, 3.8) is 0 Å². The summed E-state index contributed by atoms with van der Waals surface area (Å²) in [5, 5.41) is 20.1. The number of rotatable bonds is 5. The minimum atomic E-state index is -0.661. The number of hydrogen-bond donors (Lipinski definition) is 2. The molecule has 0 atom stereocenters. The third-order valence-electron chi connectivity index (χ3n) is 4.88. The number of halogens is 1. The molecule has 1 aliphatic carbocycles. The van der Waals surface area contributed by atoms with Crippen LogP contribution in [0.25, 0.3) is 0 Å². The summed E-state index contributed by atoms with van der Waals surface area (Å²) in [5.41, 5.74) is 3.98. The number of fused-ring (bicyclic) bond motifs is 1. The van der Waals surface area contributed by atoms with Crippen LogP contribution in [0.4, 0.5) is 10.8 Å². The normalized spacial score (nSPS) is 14.1. The second-order valence-electron chi connectivity index (χ2n) is 6.92. The Morgan fingerprint density at radius 3 is 2.84 bits per heavy atom. The Hall–Kier alpha value is -3.57. The number of benzene rings is 1. The number of thiazole rings is 1. The molecular formula is C20H16ClN5O5S. The maximum Gasteiger partial charge on any atom is 0.293 e. The Kier molecular flexibility index (Phi) is 6.01. The molecule has 2 heterocycles. The Morgan fingerprint density at radius 1 is 1.31 bits per heavy atom. The maximum absolute atomic E-state index is 12.6. The van der Waals surface area contributed by atoms with Crippen molar-refractivity contribution in [3.05, 3.63) is 73.1 Å². The van der Waals surface area contributed by atoms with Gasteiger partial charge in [0.1, 0.15) is 10.8 Å². The molecule has 0 saturated carbocycles. The average Bonchev–Trinajstić information content (AvgIpc) is 3.40. The van der Waals surface area contributed by atoms with Gasteiger partial charge in [0.25, 0.3) is 17.5 Å². The number of nitrogens with zero attached hydrogens (tertiary/aromatic N) is 3. The number of anilines is 1. The molecule has 1 aliphatic rings. The number of aryl methyl sites for hydroxylation is 1. The summed E-state index contributed by atoms with van der Waals surface area (Å²) in [5.74, 6) is -0.247. The van der Waals surface area contributed by atoms with E-state index in [2.05, 4.69) is 20.8 Å². The zero-order chi connectivity index (χ0) is 22.8. The van der Waals surface area contributed by atoms with Crippen LogP contribution in [0, 0.1) is 17.0 Å². The van der Waals surface area contributed by atoms with Crippen molar-refractivity contribution < 1.29 is 18.9 Å². The first-order valence-electron chi connectivity index (χ1n) is 9.49. The van der Waals surface area contributed by atoms with Crippen LogP contribution in [0.3, 0.4) is 0 Å². The molecule has 0 unspecified atom stereocenters. The van der Waals surface area contributed by atoms with Gasteiger partial charge >= 0.3 is 0 Å². The molecule has 0 fully saturated rings. The lowest BCUT2D eigenvalue weighted by molar-refractivity contribution is -0.384. The second-order valence-corrected chi connectivity index (χ2v) is 8.22. The molecule has 2 amide bonds. The molecule has 164 valence electrons. The highest BCUT2D eigenvalue weighted by atomic mass is 35.5.